The summed E-state index contributed by atoms with van der Waals surface area (Å²) >= 11 is 6.14. The molecule has 0 saturated carbocycles. The highest BCUT2D eigenvalue weighted by molar-refractivity contribution is 6.33. The van der Waals surface area contributed by atoms with Gasteiger partial charge in [-0.3, -0.25) is 9.78 Å². The zero-order valence-electron chi connectivity index (χ0n) is 13.8. The summed E-state index contributed by atoms with van der Waals surface area (Å²) in [4.78, 5) is 29.4. The molecule has 7 heteroatoms. The Morgan fingerprint density at radius 2 is 1.92 bits per heavy atom. The number of amides is 1. The zero-order valence-corrected chi connectivity index (χ0v) is 14.6. The third-order valence-electron chi connectivity index (χ3n) is 3.90. The van der Waals surface area contributed by atoms with Gasteiger partial charge in [0.25, 0.3) is 5.91 Å². The fraction of sp³-hybridized carbons (Fsp3) is 0.105. The molecule has 1 aromatic carbocycles. The predicted octanol–water partition coefficient (Wildman–Crippen LogP) is 3.89. The van der Waals surface area contributed by atoms with Crippen LogP contribution >= 0.6 is 11.6 Å². The molecule has 26 heavy (non-hydrogen) atoms. The van der Waals surface area contributed by atoms with E-state index in [-0.39, 0.29) is 5.76 Å². The van der Waals surface area contributed by atoms with Crippen molar-refractivity contribution in [3.8, 4) is 11.3 Å². The summed E-state index contributed by atoms with van der Waals surface area (Å²) in [6.07, 6.45) is 2.95. The van der Waals surface area contributed by atoms with Gasteiger partial charge in [0.1, 0.15) is 5.76 Å². The van der Waals surface area contributed by atoms with Crippen LogP contribution < -0.4 is 0 Å². The second-order valence-electron chi connectivity index (χ2n) is 5.59. The van der Waals surface area contributed by atoms with Gasteiger partial charge in [0, 0.05) is 30.6 Å². The first-order chi connectivity index (χ1) is 12.5. The maximum absolute atomic E-state index is 12.7. The van der Waals surface area contributed by atoms with Crippen LogP contribution in [0.25, 0.3) is 11.3 Å². The lowest BCUT2D eigenvalue weighted by atomic mass is 10.1. The Hall–Kier alpha value is -3.12. The number of halogens is 1. The van der Waals surface area contributed by atoms with Crippen LogP contribution in [-0.4, -0.2) is 33.9 Å². The van der Waals surface area contributed by atoms with Crippen LogP contribution in [-0.2, 0) is 4.79 Å². The number of pyridine rings is 1. The van der Waals surface area contributed by atoms with E-state index in [2.05, 4.69) is 4.98 Å². The third-order valence-corrected chi connectivity index (χ3v) is 4.23. The minimum absolute atomic E-state index is 0.0255. The monoisotopic (exact) mass is 370 g/mol. The Kier molecular flexibility index (Phi) is 5.04. The molecule has 2 heterocycles. The lowest BCUT2D eigenvalue weighted by Crippen LogP contribution is -2.35. The Balaban J connectivity index is 1.89. The molecule has 2 aromatic heterocycles. The van der Waals surface area contributed by atoms with E-state index >= 15 is 0 Å². The third kappa shape index (κ3) is 3.45. The van der Waals surface area contributed by atoms with Crippen LogP contribution in [0.2, 0.25) is 5.02 Å². The molecule has 1 N–H and O–H groups in total. The molecule has 0 fully saturated rings. The van der Waals surface area contributed by atoms with Gasteiger partial charge in [-0.1, -0.05) is 29.8 Å². The van der Waals surface area contributed by atoms with Crippen molar-refractivity contribution in [1.82, 2.24) is 9.88 Å². The van der Waals surface area contributed by atoms with E-state index in [0.717, 1.165) is 4.90 Å². The first-order valence-electron chi connectivity index (χ1n) is 7.73. The van der Waals surface area contributed by atoms with E-state index in [1.54, 1.807) is 42.5 Å². The van der Waals surface area contributed by atoms with Crippen molar-refractivity contribution < 1.29 is 19.1 Å². The number of furan rings is 1. The Labute approximate surface area is 154 Å². The number of aromatic nitrogens is 1. The minimum atomic E-state index is -1.18. The second-order valence-corrected chi connectivity index (χ2v) is 5.99. The van der Waals surface area contributed by atoms with Crippen molar-refractivity contribution in [2.45, 2.75) is 6.04 Å². The van der Waals surface area contributed by atoms with Gasteiger partial charge in [0.2, 0.25) is 0 Å². The molecular weight excluding hydrogens is 356 g/mol. The maximum atomic E-state index is 12.7. The molecular formula is C19H15ClN2O4. The first kappa shape index (κ1) is 17.7. The highest BCUT2D eigenvalue weighted by atomic mass is 35.5. The van der Waals surface area contributed by atoms with E-state index in [1.807, 2.05) is 0 Å². The van der Waals surface area contributed by atoms with Gasteiger partial charge in [0.05, 0.1) is 5.02 Å². The maximum Gasteiger partial charge on any atom is 0.331 e. The van der Waals surface area contributed by atoms with Gasteiger partial charge in [-0.05, 0) is 30.3 Å². The highest BCUT2D eigenvalue weighted by Gasteiger charge is 2.30. The number of carboxylic acid groups (broad SMARTS) is 1. The Morgan fingerprint density at radius 1 is 1.15 bits per heavy atom. The standard InChI is InChI=1S/C19H15ClN2O4/c1-22(17(19(24)25)12-5-4-10-21-11-12)18(23)16-9-8-15(26-16)13-6-2-3-7-14(13)20/h2-11,17H,1H3,(H,24,25)/t17-/m1/s1. The van der Waals surface area contributed by atoms with Crippen molar-refractivity contribution >= 4 is 23.5 Å². The van der Waals surface area contributed by atoms with Crippen molar-refractivity contribution in [2.75, 3.05) is 7.05 Å². The summed E-state index contributed by atoms with van der Waals surface area (Å²) in [6.45, 7) is 0. The van der Waals surface area contributed by atoms with Crippen LogP contribution in [0, 0.1) is 0 Å². The number of benzene rings is 1. The molecule has 0 aliphatic carbocycles. The Bertz CT molecular complexity index is 939. The van der Waals surface area contributed by atoms with Gasteiger partial charge in [-0.15, -0.1) is 0 Å². The van der Waals surface area contributed by atoms with Gasteiger partial charge in [0.15, 0.2) is 11.8 Å². The number of carboxylic acids is 1. The molecule has 3 rings (SSSR count). The molecule has 0 bridgehead atoms. The molecule has 1 atom stereocenters. The molecule has 0 radical (unpaired) electrons. The molecule has 0 aliphatic rings. The second kappa shape index (κ2) is 7.41. The van der Waals surface area contributed by atoms with Crippen LogP contribution in [0.15, 0.2) is 65.3 Å². The van der Waals surface area contributed by atoms with Crippen molar-refractivity contribution in [2.24, 2.45) is 0 Å². The van der Waals surface area contributed by atoms with Crippen LogP contribution in [0.3, 0.4) is 0 Å². The number of hydrogen-bond acceptors (Lipinski definition) is 4. The number of hydrogen-bond donors (Lipinski definition) is 1. The van der Waals surface area contributed by atoms with E-state index in [4.69, 9.17) is 16.0 Å². The lowest BCUT2D eigenvalue weighted by Gasteiger charge is -2.24. The van der Waals surface area contributed by atoms with E-state index in [1.165, 1.54) is 25.5 Å². The normalized spacial score (nSPS) is 11.8. The summed E-state index contributed by atoms with van der Waals surface area (Å²) in [5.74, 6) is -1.26. The average Bonchev–Trinajstić information content (AvgIpc) is 3.12. The molecule has 0 saturated heterocycles. The number of aliphatic carboxylic acids is 1. The number of nitrogens with zero attached hydrogens (tertiary/aromatic N) is 2. The van der Waals surface area contributed by atoms with E-state index in [0.29, 0.717) is 21.9 Å². The summed E-state index contributed by atoms with van der Waals surface area (Å²) in [5, 5.41) is 10.0. The van der Waals surface area contributed by atoms with Crippen molar-refractivity contribution in [1.29, 1.82) is 0 Å². The molecule has 1 amide bonds. The van der Waals surface area contributed by atoms with E-state index in [9.17, 15) is 14.7 Å². The number of likely N-dealkylation sites (N-methyl/N-ethyl adjacent to an activating group) is 1. The van der Waals surface area contributed by atoms with Crippen molar-refractivity contribution in [3.63, 3.8) is 0 Å². The molecule has 0 aliphatic heterocycles. The molecule has 3 aromatic rings. The van der Waals surface area contributed by atoms with Crippen molar-refractivity contribution in [3.05, 3.63) is 77.3 Å². The van der Waals surface area contributed by atoms with Crippen LogP contribution in [0.5, 0.6) is 0 Å². The summed E-state index contributed by atoms with van der Waals surface area (Å²) in [5.41, 5.74) is 1.05. The Morgan fingerprint density at radius 3 is 2.58 bits per heavy atom. The summed E-state index contributed by atoms with van der Waals surface area (Å²) < 4.78 is 5.62. The van der Waals surface area contributed by atoms with Crippen LogP contribution in [0.1, 0.15) is 22.2 Å². The van der Waals surface area contributed by atoms with E-state index < -0.39 is 17.9 Å². The highest BCUT2D eigenvalue weighted by Crippen LogP contribution is 2.30. The van der Waals surface area contributed by atoms with Gasteiger partial charge in [-0.25, -0.2) is 4.79 Å². The SMILES string of the molecule is CN(C(=O)c1ccc(-c2ccccc2Cl)o1)[C@@H](C(=O)O)c1cccnc1. The molecule has 132 valence electrons. The topological polar surface area (TPSA) is 83.6 Å². The number of carbonyl (C=O) groups excluding carboxylic acids is 1. The van der Waals surface area contributed by atoms with Gasteiger partial charge < -0.3 is 14.4 Å². The predicted molar refractivity (Wildman–Crippen MR) is 95.9 cm³/mol. The smallest absolute Gasteiger partial charge is 0.331 e. The molecule has 0 unspecified atom stereocenters. The first-order valence-corrected chi connectivity index (χ1v) is 8.11. The largest absolute Gasteiger partial charge is 0.479 e. The minimum Gasteiger partial charge on any atom is -0.479 e. The number of rotatable bonds is 5. The summed E-state index contributed by atoms with van der Waals surface area (Å²) in [7, 11) is 1.41. The quantitative estimate of drug-likeness (QED) is 0.736. The fourth-order valence-electron chi connectivity index (χ4n) is 2.62. The zero-order chi connectivity index (χ0) is 18.7. The fourth-order valence-corrected chi connectivity index (χ4v) is 2.85. The summed E-state index contributed by atoms with van der Waals surface area (Å²) in [6, 6.07) is 12.3. The van der Waals surface area contributed by atoms with Crippen LogP contribution in [0.4, 0.5) is 0 Å². The average molecular weight is 371 g/mol. The van der Waals surface area contributed by atoms with Gasteiger partial charge in [-0.2, -0.15) is 0 Å². The lowest BCUT2D eigenvalue weighted by molar-refractivity contribution is -0.142. The molecule has 0 spiro atoms. The number of carbonyl (C=O) groups is 2. The molecule has 6 nitrogen and oxygen atoms in total. The van der Waals surface area contributed by atoms with Gasteiger partial charge >= 0.3 is 5.97 Å².